The number of cyclic esters (lactones) is 1. The number of carbonyl (C=O) groups is 2. The van der Waals surface area contributed by atoms with Crippen LogP contribution in [-0.2, 0) is 16.0 Å². The highest BCUT2D eigenvalue weighted by Crippen LogP contribution is 2.31. The number of anilines is 1. The van der Waals surface area contributed by atoms with E-state index in [1.54, 1.807) is 18.3 Å². The summed E-state index contributed by atoms with van der Waals surface area (Å²) in [7, 11) is 0. The van der Waals surface area contributed by atoms with Gasteiger partial charge in [-0.2, -0.15) is 0 Å². The van der Waals surface area contributed by atoms with Crippen molar-refractivity contribution < 1.29 is 18.7 Å². The summed E-state index contributed by atoms with van der Waals surface area (Å²) >= 11 is 1.30. The van der Waals surface area contributed by atoms with Crippen LogP contribution >= 0.6 is 11.3 Å². The average molecular weight is 427 g/mol. The van der Waals surface area contributed by atoms with Gasteiger partial charge in [0.1, 0.15) is 16.9 Å². The summed E-state index contributed by atoms with van der Waals surface area (Å²) in [6, 6.07) is 10.1. The Morgan fingerprint density at radius 3 is 2.93 bits per heavy atom. The number of ether oxygens (including phenoxy) is 1. The summed E-state index contributed by atoms with van der Waals surface area (Å²) in [5, 5.41) is 12.0. The lowest BCUT2D eigenvalue weighted by Crippen LogP contribution is -2.33. The number of rotatable bonds is 6. The molecule has 3 heterocycles. The molecule has 2 amide bonds. The van der Waals surface area contributed by atoms with E-state index in [2.05, 4.69) is 20.5 Å². The number of aromatic nitrogens is 3. The van der Waals surface area contributed by atoms with Crippen molar-refractivity contribution in [2.24, 2.45) is 0 Å². The molecule has 1 unspecified atom stereocenters. The van der Waals surface area contributed by atoms with Crippen molar-refractivity contribution >= 4 is 29.0 Å². The van der Waals surface area contributed by atoms with Crippen molar-refractivity contribution in [3.05, 3.63) is 59.1 Å². The topological polar surface area (TPSA) is 97.3 Å². The van der Waals surface area contributed by atoms with Gasteiger partial charge in [0.25, 0.3) is 0 Å². The third-order valence-corrected chi connectivity index (χ3v) is 5.43. The van der Waals surface area contributed by atoms with E-state index in [1.807, 2.05) is 18.2 Å². The number of halogens is 1. The maximum atomic E-state index is 14.8. The molecule has 0 aliphatic carbocycles. The van der Waals surface area contributed by atoms with Crippen molar-refractivity contribution in [2.45, 2.75) is 19.4 Å². The van der Waals surface area contributed by atoms with Crippen molar-refractivity contribution in [1.82, 2.24) is 20.5 Å². The summed E-state index contributed by atoms with van der Waals surface area (Å²) in [5.41, 5.74) is 1.55. The van der Waals surface area contributed by atoms with Crippen molar-refractivity contribution in [3.63, 3.8) is 0 Å². The molecule has 30 heavy (non-hydrogen) atoms. The minimum atomic E-state index is -0.578. The number of nitrogens with zero attached hydrogens (tertiary/aromatic N) is 4. The summed E-state index contributed by atoms with van der Waals surface area (Å²) in [6.45, 7) is 1.82. The molecular weight excluding hydrogens is 409 g/mol. The normalized spacial score (nSPS) is 15.9. The Morgan fingerprint density at radius 2 is 2.20 bits per heavy atom. The molecule has 1 N–H and O–H groups in total. The molecule has 10 heteroatoms. The first-order chi connectivity index (χ1) is 14.5. The molecule has 4 rings (SSSR count). The lowest BCUT2D eigenvalue weighted by molar-refractivity contribution is -0.119. The lowest BCUT2D eigenvalue weighted by Gasteiger charge is -2.14. The van der Waals surface area contributed by atoms with Crippen LogP contribution in [0.5, 0.6) is 0 Å². The van der Waals surface area contributed by atoms with E-state index in [0.29, 0.717) is 22.7 Å². The molecule has 1 atom stereocenters. The van der Waals surface area contributed by atoms with E-state index in [4.69, 9.17) is 4.74 Å². The van der Waals surface area contributed by atoms with Gasteiger partial charge in [0, 0.05) is 30.8 Å². The van der Waals surface area contributed by atoms with Gasteiger partial charge >= 0.3 is 6.09 Å². The van der Waals surface area contributed by atoms with Gasteiger partial charge in [-0.15, -0.1) is 10.2 Å². The molecular formula is C20H18FN5O3S. The van der Waals surface area contributed by atoms with E-state index in [0.717, 1.165) is 10.7 Å². The van der Waals surface area contributed by atoms with Crippen LogP contribution in [0.15, 0.2) is 42.6 Å². The minimum Gasteiger partial charge on any atom is -0.442 e. The van der Waals surface area contributed by atoms with Gasteiger partial charge in [-0.05, 0) is 30.3 Å². The number of benzene rings is 1. The average Bonchev–Trinajstić information content (AvgIpc) is 3.33. The van der Waals surface area contributed by atoms with Crippen LogP contribution in [0.1, 0.15) is 17.6 Å². The van der Waals surface area contributed by atoms with Crippen LogP contribution in [0.3, 0.4) is 0 Å². The van der Waals surface area contributed by atoms with Crippen LogP contribution in [0.4, 0.5) is 14.9 Å². The molecule has 3 aromatic rings. The Bertz CT molecular complexity index is 1080. The largest absolute Gasteiger partial charge is 0.442 e. The number of nitrogens with one attached hydrogen (secondary N) is 1. The van der Waals surface area contributed by atoms with Gasteiger partial charge in [0.05, 0.1) is 18.8 Å². The first kappa shape index (κ1) is 19.9. The van der Waals surface area contributed by atoms with Crippen LogP contribution < -0.4 is 10.2 Å². The molecule has 0 radical (unpaired) electrons. The molecule has 0 spiro atoms. The molecule has 1 aliphatic heterocycles. The molecule has 0 bridgehead atoms. The van der Waals surface area contributed by atoms with Gasteiger partial charge in [0.15, 0.2) is 5.01 Å². The summed E-state index contributed by atoms with van der Waals surface area (Å²) in [6.07, 6.45) is 1.17. The van der Waals surface area contributed by atoms with E-state index in [-0.39, 0.29) is 19.0 Å². The molecule has 0 saturated carbocycles. The number of hydrogen-bond acceptors (Lipinski definition) is 7. The SMILES string of the molecule is CC(=O)NCC1CN(c2ccc(-c3nnc(Cc4ccccn4)s3)c(F)c2)C(=O)O1. The maximum Gasteiger partial charge on any atom is 0.414 e. The Labute approximate surface area is 175 Å². The van der Waals surface area contributed by atoms with Crippen molar-refractivity contribution in [2.75, 3.05) is 18.0 Å². The second-order valence-corrected chi connectivity index (χ2v) is 7.78. The smallest absolute Gasteiger partial charge is 0.414 e. The lowest BCUT2D eigenvalue weighted by atomic mass is 10.2. The predicted molar refractivity (Wildman–Crippen MR) is 109 cm³/mol. The Hall–Kier alpha value is -3.40. The number of pyridine rings is 1. The third-order valence-electron chi connectivity index (χ3n) is 4.47. The van der Waals surface area contributed by atoms with E-state index >= 15 is 0 Å². The molecule has 2 aromatic heterocycles. The first-order valence-corrected chi connectivity index (χ1v) is 10.1. The summed E-state index contributed by atoms with van der Waals surface area (Å²) in [4.78, 5) is 28.7. The highest BCUT2D eigenvalue weighted by atomic mass is 32.1. The quantitative estimate of drug-likeness (QED) is 0.650. The Kier molecular flexibility index (Phi) is 5.66. The van der Waals surface area contributed by atoms with Gasteiger partial charge in [-0.25, -0.2) is 9.18 Å². The third kappa shape index (κ3) is 4.43. The fourth-order valence-corrected chi connectivity index (χ4v) is 3.92. The zero-order valence-corrected chi connectivity index (χ0v) is 16.9. The van der Waals surface area contributed by atoms with E-state index in [1.165, 1.54) is 29.2 Å². The summed E-state index contributed by atoms with van der Waals surface area (Å²) < 4.78 is 20.0. The van der Waals surface area contributed by atoms with Crippen molar-refractivity contribution in [3.8, 4) is 10.6 Å². The van der Waals surface area contributed by atoms with Crippen LogP contribution in [0.2, 0.25) is 0 Å². The predicted octanol–water partition coefficient (Wildman–Crippen LogP) is 2.79. The van der Waals surface area contributed by atoms with Gasteiger partial charge < -0.3 is 10.1 Å². The zero-order chi connectivity index (χ0) is 21.1. The molecule has 8 nitrogen and oxygen atoms in total. The van der Waals surface area contributed by atoms with Gasteiger partial charge in [-0.1, -0.05) is 17.4 Å². The first-order valence-electron chi connectivity index (χ1n) is 9.24. The Balaban J connectivity index is 1.47. The summed E-state index contributed by atoms with van der Waals surface area (Å²) in [5.74, 6) is -0.717. The fraction of sp³-hybridized carbons (Fsp3) is 0.250. The highest BCUT2D eigenvalue weighted by molar-refractivity contribution is 7.14. The van der Waals surface area contributed by atoms with Crippen LogP contribution in [-0.4, -0.2) is 46.4 Å². The molecule has 154 valence electrons. The Morgan fingerprint density at radius 1 is 1.33 bits per heavy atom. The van der Waals surface area contributed by atoms with E-state index in [9.17, 15) is 14.0 Å². The second kappa shape index (κ2) is 8.54. The minimum absolute atomic E-state index is 0.209. The van der Waals surface area contributed by atoms with Crippen LogP contribution in [0.25, 0.3) is 10.6 Å². The van der Waals surface area contributed by atoms with Crippen molar-refractivity contribution in [1.29, 1.82) is 0 Å². The fourth-order valence-electron chi connectivity index (χ4n) is 3.03. The number of hydrogen-bond donors (Lipinski definition) is 1. The number of carbonyl (C=O) groups excluding carboxylic acids is 2. The molecule has 1 aliphatic rings. The number of amides is 2. The highest BCUT2D eigenvalue weighted by Gasteiger charge is 2.32. The molecule has 1 saturated heterocycles. The standard InChI is InChI=1S/C20H18FN5O3S/c1-12(27)23-10-15-11-26(20(28)29-15)14-5-6-16(17(21)9-14)19-25-24-18(30-19)8-13-4-2-3-7-22-13/h2-7,9,15H,8,10-11H2,1H3,(H,23,27). The monoisotopic (exact) mass is 427 g/mol. The van der Waals surface area contributed by atoms with Gasteiger partial charge in [-0.3, -0.25) is 14.7 Å². The van der Waals surface area contributed by atoms with E-state index < -0.39 is 18.0 Å². The maximum absolute atomic E-state index is 14.8. The van der Waals surface area contributed by atoms with Gasteiger partial charge in [0.2, 0.25) is 5.91 Å². The second-order valence-electron chi connectivity index (χ2n) is 6.72. The molecule has 1 fully saturated rings. The zero-order valence-electron chi connectivity index (χ0n) is 16.0. The van der Waals surface area contributed by atoms with Crippen LogP contribution in [0, 0.1) is 5.82 Å². The molecule has 1 aromatic carbocycles.